The molecule has 2 saturated heterocycles. The molecule has 25 heavy (non-hydrogen) atoms. The van der Waals surface area contributed by atoms with Gasteiger partial charge in [-0.1, -0.05) is 6.07 Å². The number of amides is 2. The largest absolute Gasteiger partial charge is 0.454 e. The molecule has 0 aromatic heterocycles. The lowest BCUT2D eigenvalue weighted by molar-refractivity contribution is -0.123. The second-order valence-electron chi connectivity index (χ2n) is 6.86. The van der Waals surface area contributed by atoms with Gasteiger partial charge in [0, 0.05) is 19.1 Å². The molecule has 0 bridgehead atoms. The van der Waals surface area contributed by atoms with Gasteiger partial charge in [0.15, 0.2) is 11.5 Å². The number of piperidine rings is 1. The first-order valence-electron chi connectivity index (χ1n) is 8.88. The number of likely N-dealkylation sites (tertiary alicyclic amines) is 2. The molecule has 0 aliphatic carbocycles. The highest BCUT2D eigenvalue weighted by molar-refractivity contribution is 5.98. The molecule has 2 fully saturated rings. The van der Waals surface area contributed by atoms with Crippen molar-refractivity contribution in [3.8, 4) is 11.5 Å². The van der Waals surface area contributed by atoms with Crippen LogP contribution in [0.1, 0.15) is 36.0 Å². The standard InChI is InChI=1S/C18H23N3O4/c19-17(22)14-4-2-8-21(14)12-6-9-20(10-7-12)18(23)13-3-1-5-15-16(13)25-11-24-15/h1,3,5,12,14H,2,4,6-11H2,(H2,19,22)/t14-/m1/s1. The maximum atomic E-state index is 12.9. The summed E-state index contributed by atoms with van der Waals surface area (Å²) in [6.07, 6.45) is 3.59. The number of nitrogens with zero attached hydrogens (tertiary/aromatic N) is 2. The number of hydrogen-bond acceptors (Lipinski definition) is 5. The second kappa shape index (κ2) is 6.55. The van der Waals surface area contributed by atoms with Crippen LogP contribution in [0.15, 0.2) is 18.2 Å². The zero-order chi connectivity index (χ0) is 17.4. The van der Waals surface area contributed by atoms with Gasteiger partial charge < -0.3 is 20.1 Å². The van der Waals surface area contributed by atoms with E-state index in [1.165, 1.54) is 0 Å². The molecular formula is C18H23N3O4. The third-order valence-corrected chi connectivity index (χ3v) is 5.47. The third-order valence-electron chi connectivity index (χ3n) is 5.47. The van der Waals surface area contributed by atoms with Crippen molar-refractivity contribution in [2.75, 3.05) is 26.4 Å². The number of carbonyl (C=O) groups excluding carboxylic acids is 2. The van der Waals surface area contributed by atoms with Gasteiger partial charge in [0.2, 0.25) is 12.7 Å². The number of fused-ring (bicyclic) bond motifs is 1. The Hall–Kier alpha value is -2.28. The number of primary amides is 1. The Morgan fingerprint density at radius 2 is 1.88 bits per heavy atom. The smallest absolute Gasteiger partial charge is 0.257 e. The highest BCUT2D eigenvalue weighted by Gasteiger charge is 2.37. The fourth-order valence-electron chi connectivity index (χ4n) is 4.20. The van der Waals surface area contributed by atoms with E-state index in [0.717, 1.165) is 32.2 Å². The fraction of sp³-hybridized carbons (Fsp3) is 0.556. The van der Waals surface area contributed by atoms with E-state index in [1.807, 2.05) is 17.0 Å². The van der Waals surface area contributed by atoms with Gasteiger partial charge in [0.1, 0.15) is 0 Å². The van der Waals surface area contributed by atoms with E-state index in [-0.39, 0.29) is 24.6 Å². The van der Waals surface area contributed by atoms with Crippen LogP contribution >= 0.6 is 0 Å². The monoisotopic (exact) mass is 345 g/mol. The third kappa shape index (κ3) is 2.93. The van der Waals surface area contributed by atoms with Crippen molar-refractivity contribution in [3.05, 3.63) is 23.8 Å². The molecule has 0 radical (unpaired) electrons. The average Bonchev–Trinajstić information content (AvgIpc) is 3.30. The number of nitrogens with two attached hydrogens (primary N) is 1. The molecule has 2 amide bonds. The maximum Gasteiger partial charge on any atom is 0.257 e. The number of ether oxygens (including phenoxy) is 2. The van der Waals surface area contributed by atoms with Crippen LogP contribution in [0.5, 0.6) is 11.5 Å². The van der Waals surface area contributed by atoms with Crippen molar-refractivity contribution < 1.29 is 19.1 Å². The normalized spacial score (nSPS) is 23.8. The van der Waals surface area contributed by atoms with Gasteiger partial charge in [0.05, 0.1) is 11.6 Å². The fourth-order valence-corrected chi connectivity index (χ4v) is 4.20. The molecule has 1 aromatic rings. The molecule has 0 saturated carbocycles. The SMILES string of the molecule is NC(=O)[C@H]1CCCN1C1CCN(C(=O)c2cccc3c2OCO3)CC1. The van der Waals surface area contributed by atoms with Gasteiger partial charge in [0.25, 0.3) is 5.91 Å². The molecule has 0 spiro atoms. The van der Waals surface area contributed by atoms with E-state index in [2.05, 4.69) is 4.90 Å². The first kappa shape index (κ1) is 16.2. The molecule has 3 heterocycles. The van der Waals surface area contributed by atoms with E-state index in [9.17, 15) is 9.59 Å². The Morgan fingerprint density at radius 3 is 2.64 bits per heavy atom. The van der Waals surface area contributed by atoms with Crippen molar-refractivity contribution in [2.24, 2.45) is 5.73 Å². The summed E-state index contributed by atoms with van der Waals surface area (Å²) >= 11 is 0. The molecule has 7 heteroatoms. The van der Waals surface area contributed by atoms with E-state index in [1.54, 1.807) is 6.07 Å². The highest BCUT2D eigenvalue weighted by atomic mass is 16.7. The molecule has 7 nitrogen and oxygen atoms in total. The van der Waals surface area contributed by atoms with Crippen LogP contribution in [0.3, 0.4) is 0 Å². The Morgan fingerprint density at radius 1 is 1.08 bits per heavy atom. The summed E-state index contributed by atoms with van der Waals surface area (Å²) in [4.78, 5) is 28.6. The Balaban J connectivity index is 1.41. The van der Waals surface area contributed by atoms with Crippen LogP contribution < -0.4 is 15.2 Å². The van der Waals surface area contributed by atoms with Crippen LogP contribution in [0.4, 0.5) is 0 Å². The summed E-state index contributed by atoms with van der Waals surface area (Å²) in [5, 5.41) is 0. The summed E-state index contributed by atoms with van der Waals surface area (Å²) in [6, 6.07) is 5.59. The summed E-state index contributed by atoms with van der Waals surface area (Å²) in [7, 11) is 0. The minimum Gasteiger partial charge on any atom is -0.454 e. The lowest BCUT2D eigenvalue weighted by atomic mass is 10.0. The predicted molar refractivity (Wildman–Crippen MR) is 90.4 cm³/mol. The number of benzene rings is 1. The van der Waals surface area contributed by atoms with E-state index < -0.39 is 0 Å². The topological polar surface area (TPSA) is 85.1 Å². The summed E-state index contributed by atoms with van der Waals surface area (Å²) in [5.74, 6) is 0.923. The van der Waals surface area contributed by atoms with Crippen LogP contribution in [0.2, 0.25) is 0 Å². The molecule has 2 N–H and O–H groups in total. The van der Waals surface area contributed by atoms with Gasteiger partial charge in [-0.15, -0.1) is 0 Å². The van der Waals surface area contributed by atoms with E-state index >= 15 is 0 Å². The summed E-state index contributed by atoms with van der Waals surface area (Å²) in [6.45, 7) is 2.43. The second-order valence-corrected chi connectivity index (χ2v) is 6.86. The lowest BCUT2D eigenvalue weighted by Crippen LogP contribution is -2.51. The maximum absolute atomic E-state index is 12.9. The van der Waals surface area contributed by atoms with Gasteiger partial charge >= 0.3 is 0 Å². The Kier molecular flexibility index (Phi) is 4.25. The summed E-state index contributed by atoms with van der Waals surface area (Å²) < 4.78 is 10.8. The molecule has 4 rings (SSSR count). The van der Waals surface area contributed by atoms with Crippen LogP contribution in [-0.4, -0.2) is 60.1 Å². The zero-order valence-electron chi connectivity index (χ0n) is 14.1. The molecule has 1 aromatic carbocycles. The first-order chi connectivity index (χ1) is 12.1. The molecule has 3 aliphatic heterocycles. The quantitative estimate of drug-likeness (QED) is 0.882. The number of para-hydroxylation sites is 1. The van der Waals surface area contributed by atoms with E-state index in [0.29, 0.717) is 36.2 Å². The number of hydrogen-bond donors (Lipinski definition) is 1. The highest BCUT2D eigenvalue weighted by Crippen LogP contribution is 2.36. The van der Waals surface area contributed by atoms with Gasteiger partial charge in [-0.05, 0) is 44.4 Å². The van der Waals surface area contributed by atoms with Crippen LogP contribution in [0, 0.1) is 0 Å². The van der Waals surface area contributed by atoms with Crippen molar-refractivity contribution in [2.45, 2.75) is 37.8 Å². The minimum absolute atomic E-state index is 0.0197. The zero-order valence-corrected chi connectivity index (χ0v) is 14.1. The van der Waals surface area contributed by atoms with Crippen molar-refractivity contribution in [3.63, 3.8) is 0 Å². The van der Waals surface area contributed by atoms with Gasteiger partial charge in [-0.2, -0.15) is 0 Å². The van der Waals surface area contributed by atoms with Crippen molar-refractivity contribution in [1.29, 1.82) is 0 Å². The number of rotatable bonds is 3. The van der Waals surface area contributed by atoms with Gasteiger partial charge in [-0.3, -0.25) is 14.5 Å². The molecule has 3 aliphatic rings. The Bertz CT molecular complexity index is 685. The molecule has 0 unspecified atom stereocenters. The molecular weight excluding hydrogens is 322 g/mol. The predicted octanol–water partition coefficient (Wildman–Crippen LogP) is 0.970. The first-order valence-corrected chi connectivity index (χ1v) is 8.88. The van der Waals surface area contributed by atoms with Crippen LogP contribution in [0.25, 0.3) is 0 Å². The lowest BCUT2D eigenvalue weighted by Gasteiger charge is -2.38. The molecule has 134 valence electrons. The van der Waals surface area contributed by atoms with Crippen LogP contribution in [-0.2, 0) is 4.79 Å². The van der Waals surface area contributed by atoms with Gasteiger partial charge in [-0.25, -0.2) is 0 Å². The average molecular weight is 345 g/mol. The summed E-state index contributed by atoms with van der Waals surface area (Å²) in [5.41, 5.74) is 6.09. The van der Waals surface area contributed by atoms with Crippen molar-refractivity contribution in [1.82, 2.24) is 9.80 Å². The van der Waals surface area contributed by atoms with E-state index in [4.69, 9.17) is 15.2 Å². The number of carbonyl (C=O) groups is 2. The molecule has 1 atom stereocenters. The Labute approximate surface area is 146 Å². The van der Waals surface area contributed by atoms with Crippen molar-refractivity contribution >= 4 is 11.8 Å². The minimum atomic E-state index is -0.229.